The lowest BCUT2D eigenvalue weighted by molar-refractivity contribution is -0.153. The van der Waals surface area contributed by atoms with E-state index in [2.05, 4.69) is 17.1 Å². The van der Waals surface area contributed by atoms with Gasteiger partial charge in [0.2, 0.25) is 0 Å². The molecule has 1 saturated heterocycles. The van der Waals surface area contributed by atoms with Gasteiger partial charge in [0.05, 0.1) is 11.4 Å². The summed E-state index contributed by atoms with van der Waals surface area (Å²) >= 11 is 0. The zero-order chi connectivity index (χ0) is 23.5. The molecule has 2 aromatic carbocycles. The fourth-order valence-electron chi connectivity index (χ4n) is 4.78. The number of benzene rings is 2. The van der Waals surface area contributed by atoms with Crippen molar-refractivity contribution >= 4 is 23.2 Å². The first-order valence-electron chi connectivity index (χ1n) is 11.4. The van der Waals surface area contributed by atoms with Crippen LogP contribution in [0.5, 0.6) is 0 Å². The van der Waals surface area contributed by atoms with Crippen LogP contribution in [0.1, 0.15) is 24.5 Å². The topological polar surface area (TPSA) is 119 Å². The first-order valence-corrected chi connectivity index (χ1v) is 11.4. The molecule has 0 spiro atoms. The van der Waals surface area contributed by atoms with E-state index in [0.29, 0.717) is 25.6 Å². The van der Waals surface area contributed by atoms with Crippen molar-refractivity contribution in [2.24, 2.45) is 11.8 Å². The lowest BCUT2D eigenvalue weighted by Gasteiger charge is -2.39. The second kappa shape index (κ2) is 9.80. The smallest absolute Gasteiger partial charge is 0.255 e. The zero-order valence-electron chi connectivity index (χ0n) is 18.9. The van der Waals surface area contributed by atoms with Gasteiger partial charge in [-0.2, -0.15) is 0 Å². The normalized spacial score (nSPS) is 21.9. The highest BCUT2D eigenvalue weighted by Gasteiger charge is 2.36. The number of hydrogen-bond donors (Lipinski definition) is 4. The van der Waals surface area contributed by atoms with E-state index in [9.17, 15) is 19.8 Å². The number of hydrogen-bond acceptors (Lipinski definition) is 6. The van der Waals surface area contributed by atoms with E-state index in [1.54, 1.807) is 0 Å². The minimum Gasteiger partial charge on any atom is -0.397 e. The summed E-state index contributed by atoms with van der Waals surface area (Å²) in [4.78, 5) is 28.8. The van der Waals surface area contributed by atoms with Crippen LogP contribution < -0.4 is 16.0 Å². The zero-order valence-corrected chi connectivity index (χ0v) is 18.9. The van der Waals surface area contributed by atoms with E-state index in [-0.39, 0.29) is 5.92 Å². The Morgan fingerprint density at radius 1 is 1.06 bits per heavy atom. The highest BCUT2D eigenvalue weighted by molar-refractivity contribution is 5.91. The van der Waals surface area contributed by atoms with E-state index < -0.39 is 24.0 Å². The molecule has 5 N–H and O–H groups in total. The third kappa shape index (κ3) is 4.96. The third-order valence-corrected chi connectivity index (χ3v) is 6.87. The Kier molecular flexibility index (Phi) is 6.85. The number of nitrogens with one attached hydrogen (secondary N) is 1. The van der Waals surface area contributed by atoms with Crippen LogP contribution in [0.3, 0.4) is 0 Å². The summed E-state index contributed by atoms with van der Waals surface area (Å²) < 4.78 is 0. The maximum Gasteiger partial charge on any atom is 0.255 e. The maximum atomic E-state index is 12.6. The minimum absolute atomic E-state index is 0.225. The molecule has 0 saturated carbocycles. The number of para-hydroxylation sites is 2. The van der Waals surface area contributed by atoms with Crippen molar-refractivity contribution in [1.29, 1.82) is 0 Å². The van der Waals surface area contributed by atoms with Gasteiger partial charge >= 0.3 is 0 Å². The Morgan fingerprint density at radius 2 is 1.70 bits per heavy atom. The molecule has 0 bridgehead atoms. The Morgan fingerprint density at radius 3 is 2.33 bits per heavy atom. The van der Waals surface area contributed by atoms with E-state index in [0.717, 1.165) is 42.0 Å². The summed E-state index contributed by atoms with van der Waals surface area (Å²) in [6.45, 7) is 4.87. The van der Waals surface area contributed by atoms with Crippen molar-refractivity contribution < 1.29 is 19.8 Å². The van der Waals surface area contributed by atoms with Crippen LogP contribution in [-0.2, 0) is 22.7 Å². The molecule has 0 radical (unpaired) electrons. The fraction of sp³-hybridized carbons (Fsp3) is 0.440. The second-order valence-corrected chi connectivity index (χ2v) is 9.13. The highest BCUT2D eigenvalue weighted by atomic mass is 16.3. The van der Waals surface area contributed by atoms with Gasteiger partial charge in [-0.1, -0.05) is 43.3 Å². The van der Waals surface area contributed by atoms with Crippen molar-refractivity contribution in [3.8, 4) is 0 Å². The molecule has 4 atom stereocenters. The molecule has 0 aliphatic carbocycles. The number of fused-ring (bicyclic) bond motifs is 1. The van der Waals surface area contributed by atoms with Crippen molar-refractivity contribution in [2.45, 2.75) is 38.6 Å². The number of piperidine rings is 1. The van der Waals surface area contributed by atoms with Crippen LogP contribution in [0, 0.1) is 11.8 Å². The molecule has 2 aliphatic heterocycles. The number of anilines is 2. The molecule has 1 unspecified atom stereocenters. The van der Waals surface area contributed by atoms with Gasteiger partial charge in [-0.05, 0) is 41.5 Å². The number of nitrogens with zero attached hydrogens (tertiary/aromatic N) is 2. The van der Waals surface area contributed by atoms with Gasteiger partial charge in [0.1, 0.15) is 0 Å². The number of nitrogens with two attached hydrogens (primary N) is 1. The summed E-state index contributed by atoms with van der Waals surface area (Å²) in [5.41, 5.74) is 9.89. The number of carbonyl (C=O) groups excluding carboxylic acids is 2. The highest BCUT2D eigenvalue weighted by Crippen LogP contribution is 2.30. The van der Waals surface area contributed by atoms with E-state index in [1.807, 2.05) is 48.5 Å². The predicted molar refractivity (Wildman–Crippen MR) is 126 cm³/mol. The van der Waals surface area contributed by atoms with Crippen molar-refractivity contribution in [2.75, 3.05) is 30.3 Å². The monoisotopic (exact) mass is 452 g/mol. The number of carbonyl (C=O) groups is 2. The molecule has 2 aliphatic rings. The molecule has 1 fully saturated rings. The molecule has 33 heavy (non-hydrogen) atoms. The molecule has 8 nitrogen and oxygen atoms in total. The standard InChI is InChI=1S/C25H32N4O4/c1-16-13-28(21-9-5-4-8-20(21)26)11-10-17(16)12-27-24(32)22(30)23(31)25(33)29-14-18-6-2-3-7-19(18)15-29/h2-9,16-17,22-23,30-31H,10-15,26H2,1H3,(H,27,32)/t16-,17?,22+,23+/m0/s1. The van der Waals surface area contributed by atoms with E-state index >= 15 is 0 Å². The van der Waals surface area contributed by atoms with Crippen molar-refractivity contribution in [3.63, 3.8) is 0 Å². The van der Waals surface area contributed by atoms with Gasteiger partial charge in [0.25, 0.3) is 11.8 Å². The first-order chi connectivity index (χ1) is 15.8. The molecular weight excluding hydrogens is 420 g/mol. The summed E-state index contributed by atoms with van der Waals surface area (Å²) in [5, 5.41) is 23.4. The Labute approximate surface area is 194 Å². The largest absolute Gasteiger partial charge is 0.397 e. The number of aliphatic hydroxyl groups is 2. The number of rotatable bonds is 6. The molecule has 2 amide bonds. The molecule has 8 heteroatoms. The average Bonchev–Trinajstić information content (AvgIpc) is 3.26. The third-order valence-electron chi connectivity index (χ3n) is 6.87. The molecule has 0 aromatic heterocycles. The van der Waals surface area contributed by atoms with Gasteiger partial charge in [-0.15, -0.1) is 0 Å². The van der Waals surface area contributed by atoms with Crippen LogP contribution >= 0.6 is 0 Å². The maximum absolute atomic E-state index is 12.6. The summed E-state index contributed by atoms with van der Waals surface area (Å²) in [5.74, 6) is -0.848. The van der Waals surface area contributed by atoms with Crippen LogP contribution in [-0.4, -0.2) is 58.8 Å². The fourth-order valence-corrected chi connectivity index (χ4v) is 4.78. The van der Waals surface area contributed by atoms with E-state index in [1.165, 1.54) is 4.90 Å². The van der Waals surface area contributed by atoms with Crippen LogP contribution in [0.2, 0.25) is 0 Å². The summed E-state index contributed by atoms with van der Waals surface area (Å²) in [6, 6.07) is 15.4. The average molecular weight is 453 g/mol. The lowest BCUT2D eigenvalue weighted by Crippen LogP contribution is -2.51. The van der Waals surface area contributed by atoms with Gasteiger partial charge in [-0.25, -0.2) is 0 Å². The number of nitrogen functional groups attached to an aromatic ring is 1. The van der Waals surface area contributed by atoms with Gasteiger partial charge < -0.3 is 31.1 Å². The number of amides is 2. The number of aliphatic hydroxyl groups excluding tert-OH is 2. The van der Waals surface area contributed by atoms with Gasteiger partial charge in [0, 0.05) is 32.7 Å². The van der Waals surface area contributed by atoms with E-state index in [4.69, 9.17) is 5.73 Å². The second-order valence-electron chi connectivity index (χ2n) is 9.13. The Balaban J connectivity index is 1.26. The quantitative estimate of drug-likeness (QED) is 0.488. The van der Waals surface area contributed by atoms with Crippen LogP contribution in [0.4, 0.5) is 11.4 Å². The molecular formula is C25H32N4O4. The lowest BCUT2D eigenvalue weighted by atomic mass is 9.86. The predicted octanol–water partition coefficient (Wildman–Crippen LogP) is 1.11. The van der Waals surface area contributed by atoms with Crippen molar-refractivity contribution in [1.82, 2.24) is 10.2 Å². The SMILES string of the molecule is C[C@H]1CN(c2ccccc2N)CCC1CNC(=O)[C@H](O)[C@@H](O)C(=O)N1Cc2ccccc2C1. The van der Waals surface area contributed by atoms with Crippen LogP contribution in [0.15, 0.2) is 48.5 Å². The molecule has 2 heterocycles. The van der Waals surface area contributed by atoms with Crippen molar-refractivity contribution in [3.05, 3.63) is 59.7 Å². The molecule has 4 rings (SSSR count). The van der Waals surface area contributed by atoms with Crippen LogP contribution in [0.25, 0.3) is 0 Å². The molecule has 2 aromatic rings. The molecule has 176 valence electrons. The van der Waals surface area contributed by atoms with Gasteiger partial charge in [-0.3, -0.25) is 9.59 Å². The van der Waals surface area contributed by atoms with Gasteiger partial charge in [0.15, 0.2) is 12.2 Å². The summed E-state index contributed by atoms with van der Waals surface area (Å²) in [7, 11) is 0. The minimum atomic E-state index is -1.80. The Bertz CT molecular complexity index is 988. The Hall–Kier alpha value is -3.10. The first kappa shape index (κ1) is 23.1. The summed E-state index contributed by atoms with van der Waals surface area (Å²) in [6.07, 6.45) is -2.74.